The van der Waals surface area contributed by atoms with E-state index in [2.05, 4.69) is 16.4 Å². The Hall–Kier alpha value is -4.41. The molecule has 4 rings (SSSR count). The Morgan fingerprint density at radius 1 is 1.09 bits per heavy atom. The van der Waals surface area contributed by atoms with Gasteiger partial charge in [0.25, 0.3) is 5.91 Å². The molecule has 1 N–H and O–H groups in total. The second-order valence-corrected chi connectivity index (χ2v) is 8.55. The molecule has 7 heteroatoms. The molecule has 0 atom stereocenters. The Morgan fingerprint density at radius 3 is 2.57 bits per heavy atom. The van der Waals surface area contributed by atoms with Crippen LogP contribution in [0.1, 0.15) is 16.1 Å². The van der Waals surface area contributed by atoms with E-state index in [0.29, 0.717) is 27.8 Å². The molecule has 1 amide bonds. The number of ether oxygens (including phenoxy) is 2. The number of nitrogens with one attached hydrogen (secondary N) is 1. The van der Waals surface area contributed by atoms with E-state index >= 15 is 0 Å². The van der Waals surface area contributed by atoms with Crippen LogP contribution in [0.3, 0.4) is 0 Å². The summed E-state index contributed by atoms with van der Waals surface area (Å²) in [4.78, 5) is 16.8. The Labute approximate surface area is 208 Å². The quantitative estimate of drug-likeness (QED) is 0.303. The van der Waals surface area contributed by atoms with Crippen molar-refractivity contribution in [3.8, 4) is 28.8 Å². The molecule has 4 aromatic rings. The number of thiazole rings is 1. The van der Waals surface area contributed by atoms with E-state index < -0.39 is 0 Å². The van der Waals surface area contributed by atoms with Gasteiger partial charge in [0.2, 0.25) is 0 Å². The maximum absolute atomic E-state index is 12.2. The fourth-order valence-electron chi connectivity index (χ4n) is 3.32. The summed E-state index contributed by atoms with van der Waals surface area (Å²) in [5, 5.41) is 15.1. The molecular weight excluding hydrogens is 458 g/mol. The molecule has 1 aromatic heterocycles. The van der Waals surface area contributed by atoms with Crippen LogP contribution in [0.25, 0.3) is 22.9 Å². The maximum atomic E-state index is 12.2. The predicted molar refractivity (Wildman–Crippen MR) is 139 cm³/mol. The van der Waals surface area contributed by atoms with Crippen LogP contribution >= 0.6 is 11.3 Å². The minimum Gasteiger partial charge on any atom is -0.493 e. The van der Waals surface area contributed by atoms with Crippen LogP contribution in [0.5, 0.6) is 11.5 Å². The average Bonchev–Trinajstić information content (AvgIpc) is 3.37. The maximum Gasteiger partial charge on any atom is 0.262 e. The summed E-state index contributed by atoms with van der Waals surface area (Å²) in [5.74, 6) is 0.618. The van der Waals surface area contributed by atoms with Gasteiger partial charge in [0.15, 0.2) is 18.1 Å². The van der Waals surface area contributed by atoms with Crippen LogP contribution in [0.2, 0.25) is 0 Å². The van der Waals surface area contributed by atoms with Crippen LogP contribution in [-0.4, -0.2) is 24.6 Å². The van der Waals surface area contributed by atoms with Crippen molar-refractivity contribution in [1.82, 2.24) is 4.98 Å². The van der Waals surface area contributed by atoms with Gasteiger partial charge < -0.3 is 14.8 Å². The first-order valence-electron chi connectivity index (χ1n) is 10.9. The number of aromatic nitrogens is 1. The number of anilines is 1. The largest absolute Gasteiger partial charge is 0.493 e. The van der Waals surface area contributed by atoms with Crippen molar-refractivity contribution in [1.29, 1.82) is 5.26 Å². The lowest BCUT2D eigenvalue weighted by atomic mass is 10.1. The molecule has 0 radical (unpaired) electrons. The molecule has 0 aliphatic rings. The minimum absolute atomic E-state index is 0.162. The van der Waals surface area contributed by atoms with E-state index in [9.17, 15) is 10.1 Å². The summed E-state index contributed by atoms with van der Waals surface area (Å²) in [7, 11) is 1.53. The first kappa shape index (κ1) is 23.7. The molecule has 0 saturated heterocycles. The summed E-state index contributed by atoms with van der Waals surface area (Å²) < 4.78 is 11.1. The lowest BCUT2D eigenvalue weighted by molar-refractivity contribution is -0.118. The monoisotopic (exact) mass is 481 g/mol. The fourth-order valence-corrected chi connectivity index (χ4v) is 4.11. The lowest BCUT2D eigenvalue weighted by Crippen LogP contribution is -2.20. The van der Waals surface area contributed by atoms with Gasteiger partial charge in [-0.2, -0.15) is 5.26 Å². The van der Waals surface area contributed by atoms with Crippen molar-refractivity contribution < 1.29 is 14.3 Å². The van der Waals surface area contributed by atoms with Crippen LogP contribution in [0, 0.1) is 18.3 Å². The molecular formula is C28H23N3O3S. The van der Waals surface area contributed by atoms with Gasteiger partial charge in [0.1, 0.15) is 11.1 Å². The number of nitriles is 1. The summed E-state index contributed by atoms with van der Waals surface area (Å²) in [6, 6.07) is 24.8. The van der Waals surface area contributed by atoms with Gasteiger partial charge in [-0.25, -0.2) is 4.98 Å². The number of nitrogens with zero attached hydrogens (tertiary/aromatic N) is 2. The minimum atomic E-state index is -0.276. The zero-order chi connectivity index (χ0) is 24.6. The third kappa shape index (κ3) is 6.14. The predicted octanol–water partition coefficient (Wildman–Crippen LogP) is 6.21. The molecule has 0 spiro atoms. The van der Waals surface area contributed by atoms with Gasteiger partial charge in [-0.3, -0.25) is 4.79 Å². The van der Waals surface area contributed by atoms with Crippen molar-refractivity contribution in [2.24, 2.45) is 0 Å². The van der Waals surface area contributed by atoms with Gasteiger partial charge in [-0.15, -0.1) is 11.3 Å². The molecule has 0 aliphatic heterocycles. The number of rotatable bonds is 8. The highest BCUT2D eigenvalue weighted by Crippen LogP contribution is 2.31. The molecule has 1 heterocycles. The highest BCUT2D eigenvalue weighted by Gasteiger charge is 2.12. The standard InChI is InChI=1S/C28H23N3O3S/c1-19-8-11-21(12-9-19)24-18-35-28(31-24)22(16-29)14-20-10-13-25(26(15-20)33-2)34-17-27(32)30-23-6-4-3-5-7-23/h3-15,18H,17H2,1-2H3,(H,30,32). The van der Waals surface area contributed by atoms with E-state index in [4.69, 9.17) is 9.47 Å². The molecule has 0 aliphatic carbocycles. The average molecular weight is 482 g/mol. The first-order chi connectivity index (χ1) is 17.1. The molecule has 0 unspecified atom stereocenters. The molecule has 0 bridgehead atoms. The molecule has 174 valence electrons. The highest BCUT2D eigenvalue weighted by molar-refractivity contribution is 7.11. The number of hydrogen-bond donors (Lipinski definition) is 1. The van der Waals surface area contributed by atoms with E-state index in [1.165, 1.54) is 24.0 Å². The van der Waals surface area contributed by atoms with E-state index in [1.54, 1.807) is 36.4 Å². The summed E-state index contributed by atoms with van der Waals surface area (Å²) in [6.07, 6.45) is 1.76. The molecule has 6 nitrogen and oxygen atoms in total. The summed E-state index contributed by atoms with van der Waals surface area (Å²) in [6.45, 7) is 1.88. The molecule has 3 aromatic carbocycles. The first-order valence-corrected chi connectivity index (χ1v) is 11.7. The number of amides is 1. The van der Waals surface area contributed by atoms with Crippen molar-refractivity contribution >= 4 is 34.6 Å². The summed E-state index contributed by atoms with van der Waals surface area (Å²) >= 11 is 1.42. The number of methoxy groups -OCH3 is 1. The van der Waals surface area contributed by atoms with E-state index in [-0.39, 0.29) is 12.5 Å². The summed E-state index contributed by atoms with van der Waals surface area (Å²) in [5.41, 5.74) is 4.93. The Kier molecular flexibility index (Phi) is 7.56. The number of carbonyl (C=O) groups excluding carboxylic acids is 1. The van der Waals surface area contributed by atoms with E-state index in [1.807, 2.05) is 54.8 Å². The van der Waals surface area contributed by atoms with Crippen LogP contribution in [0.15, 0.2) is 78.2 Å². The van der Waals surface area contributed by atoms with Crippen molar-refractivity contribution in [2.75, 3.05) is 19.0 Å². The zero-order valence-electron chi connectivity index (χ0n) is 19.3. The van der Waals surface area contributed by atoms with Gasteiger partial charge in [-0.1, -0.05) is 54.1 Å². The number of hydrogen-bond acceptors (Lipinski definition) is 6. The highest BCUT2D eigenvalue weighted by atomic mass is 32.1. The van der Waals surface area contributed by atoms with Crippen molar-refractivity contribution in [3.63, 3.8) is 0 Å². The number of carbonyl (C=O) groups is 1. The smallest absolute Gasteiger partial charge is 0.262 e. The third-order valence-electron chi connectivity index (χ3n) is 5.12. The van der Waals surface area contributed by atoms with E-state index in [0.717, 1.165) is 16.8 Å². The lowest BCUT2D eigenvalue weighted by Gasteiger charge is -2.11. The molecule has 0 fully saturated rings. The Bertz CT molecular complexity index is 1390. The van der Waals surface area contributed by atoms with Gasteiger partial charge in [0, 0.05) is 16.6 Å². The van der Waals surface area contributed by atoms with Gasteiger partial charge in [0.05, 0.1) is 18.4 Å². The zero-order valence-corrected chi connectivity index (χ0v) is 20.1. The van der Waals surface area contributed by atoms with Crippen LogP contribution in [-0.2, 0) is 4.79 Å². The molecule has 0 saturated carbocycles. The second-order valence-electron chi connectivity index (χ2n) is 7.69. The Balaban J connectivity index is 1.47. The normalized spacial score (nSPS) is 10.9. The van der Waals surface area contributed by atoms with Crippen LogP contribution < -0.4 is 14.8 Å². The molecule has 35 heavy (non-hydrogen) atoms. The van der Waals surface area contributed by atoms with Crippen molar-refractivity contribution in [3.05, 3.63) is 94.3 Å². The van der Waals surface area contributed by atoms with Gasteiger partial charge in [-0.05, 0) is 42.8 Å². The number of benzene rings is 3. The number of para-hydroxylation sites is 1. The van der Waals surface area contributed by atoms with Gasteiger partial charge >= 0.3 is 0 Å². The SMILES string of the molecule is COc1cc(C=C(C#N)c2nc(-c3ccc(C)cc3)cs2)ccc1OCC(=O)Nc1ccccc1. The fraction of sp³-hybridized carbons (Fsp3) is 0.107. The number of allylic oxidation sites excluding steroid dienone is 1. The third-order valence-corrected chi connectivity index (χ3v) is 5.99. The second kappa shape index (κ2) is 11.1. The van der Waals surface area contributed by atoms with Crippen molar-refractivity contribution in [2.45, 2.75) is 6.92 Å². The van der Waals surface area contributed by atoms with Crippen LogP contribution in [0.4, 0.5) is 5.69 Å². The topological polar surface area (TPSA) is 84.2 Å². The Morgan fingerprint density at radius 2 is 1.86 bits per heavy atom. The number of aryl methyl sites for hydroxylation is 1.